The second kappa shape index (κ2) is 5.24. The molecule has 0 amide bonds. The summed E-state index contributed by atoms with van der Waals surface area (Å²) in [5.41, 5.74) is 0.634. The van der Waals surface area contributed by atoms with Crippen molar-refractivity contribution in [1.29, 1.82) is 0 Å². The first-order valence-corrected chi connectivity index (χ1v) is 7.11. The van der Waals surface area contributed by atoms with Crippen LogP contribution >= 0.6 is 27.5 Å². The van der Waals surface area contributed by atoms with Gasteiger partial charge in [0.1, 0.15) is 11.6 Å². The Labute approximate surface area is 131 Å². The number of aromatic nitrogens is 1. The number of rotatable bonds is 2. The van der Waals surface area contributed by atoms with Crippen LogP contribution in [0.3, 0.4) is 0 Å². The van der Waals surface area contributed by atoms with Crippen molar-refractivity contribution in [3.05, 3.63) is 68.8 Å². The number of benzene rings is 2. The lowest BCUT2D eigenvalue weighted by Crippen LogP contribution is -2.05. The largest absolute Gasteiger partial charge is 0.360 e. The molecule has 3 rings (SSSR count). The van der Waals surface area contributed by atoms with Crippen LogP contribution in [-0.2, 0) is 0 Å². The minimum absolute atomic E-state index is 0.262. The van der Waals surface area contributed by atoms with Crippen LogP contribution in [0.4, 0.5) is 8.78 Å². The van der Waals surface area contributed by atoms with Gasteiger partial charge in [-0.1, -0.05) is 33.6 Å². The molecule has 0 aliphatic heterocycles. The molecule has 0 radical (unpaired) electrons. The molecule has 1 N–H and O–H groups in total. The third kappa shape index (κ3) is 2.36. The van der Waals surface area contributed by atoms with Gasteiger partial charge in [-0.2, -0.15) is 0 Å². The molecule has 0 saturated heterocycles. The van der Waals surface area contributed by atoms with Crippen molar-refractivity contribution in [2.45, 2.75) is 0 Å². The summed E-state index contributed by atoms with van der Waals surface area (Å²) >= 11 is 8.85. The molecule has 0 spiro atoms. The number of halogens is 4. The fourth-order valence-corrected chi connectivity index (χ4v) is 2.89. The maximum atomic E-state index is 13.9. The van der Waals surface area contributed by atoms with Gasteiger partial charge in [0.15, 0.2) is 5.78 Å². The highest BCUT2D eigenvalue weighted by molar-refractivity contribution is 9.10. The summed E-state index contributed by atoms with van der Waals surface area (Å²) in [5, 5.41) is 0.265. The Morgan fingerprint density at radius 3 is 2.67 bits per heavy atom. The van der Waals surface area contributed by atoms with Crippen molar-refractivity contribution in [3.63, 3.8) is 0 Å². The third-order valence-corrected chi connectivity index (χ3v) is 4.10. The van der Waals surface area contributed by atoms with Crippen molar-refractivity contribution in [2.75, 3.05) is 0 Å². The van der Waals surface area contributed by atoms with E-state index in [1.807, 2.05) is 0 Å². The number of hydrogen-bond acceptors (Lipinski definition) is 1. The van der Waals surface area contributed by atoms with Gasteiger partial charge in [-0.25, -0.2) is 8.78 Å². The van der Waals surface area contributed by atoms with E-state index in [1.165, 1.54) is 6.20 Å². The number of carbonyl (C=O) groups excluding carboxylic acids is 1. The van der Waals surface area contributed by atoms with Crippen LogP contribution in [0.1, 0.15) is 15.9 Å². The zero-order chi connectivity index (χ0) is 15.1. The average molecular weight is 371 g/mol. The summed E-state index contributed by atoms with van der Waals surface area (Å²) in [6.07, 6.45) is 1.48. The molecule has 1 aromatic heterocycles. The van der Waals surface area contributed by atoms with E-state index >= 15 is 0 Å². The second-order valence-electron chi connectivity index (χ2n) is 4.44. The Morgan fingerprint density at radius 2 is 1.90 bits per heavy atom. The van der Waals surface area contributed by atoms with E-state index in [-0.39, 0.29) is 16.1 Å². The number of hydrogen-bond donors (Lipinski definition) is 1. The number of fused-ring (bicyclic) bond motifs is 1. The fourth-order valence-electron chi connectivity index (χ4n) is 2.16. The van der Waals surface area contributed by atoms with E-state index in [9.17, 15) is 13.6 Å². The Morgan fingerprint density at radius 1 is 1.14 bits per heavy atom. The molecule has 0 aliphatic carbocycles. The lowest BCUT2D eigenvalue weighted by molar-refractivity contribution is 0.103. The number of aromatic amines is 1. The van der Waals surface area contributed by atoms with E-state index in [1.54, 1.807) is 18.2 Å². The molecule has 1 heterocycles. The highest BCUT2D eigenvalue weighted by atomic mass is 79.9. The minimum Gasteiger partial charge on any atom is -0.360 e. The minimum atomic E-state index is -0.854. The van der Waals surface area contributed by atoms with Crippen LogP contribution in [0.15, 0.2) is 41.0 Å². The standard InChI is InChI=1S/C15H7BrClF2NO/c16-9-2-1-3-13-14(9)8(6-20-13)15(21)7-4-12(19)10(17)5-11(7)18/h1-6,20H. The normalized spacial score (nSPS) is 11.0. The Kier molecular flexibility index (Phi) is 3.55. The lowest BCUT2D eigenvalue weighted by atomic mass is 10.0. The first kappa shape index (κ1) is 14.2. The first-order chi connectivity index (χ1) is 9.99. The highest BCUT2D eigenvalue weighted by Gasteiger charge is 2.21. The molecule has 2 aromatic carbocycles. The Hall–Kier alpha value is -1.72. The van der Waals surface area contributed by atoms with Gasteiger partial charge in [0.25, 0.3) is 0 Å². The first-order valence-electron chi connectivity index (χ1n) is 5.94. The molecule has 0 saturated carbocycles. The summed E-state index contributed by atoms with van der Waals surface area (Å²) in [5.74, 6) is -2.30. The zero-order valence-corrected chi connectivity index (χ0v) is 12.7. The number of ketones is 1. The van der Waals surface area contributed by atoms with Crippen LogP contribution < -0.4 is 0 Å². The smallest absolute Gasteiger partial charge is 0.198 e. The molecular weight excluding hydrogens is 364 g/mol. The molecule has 0 fully saturated rings. The number of nitrogens with one attached hydrogen (secondary N) is 1. The van der Waals surface area contributed by atoms with Crippen LogP contribution in [0.5, 0.6) is 0 Å². The van der Waals surface area contributed by atoms with Gasteiger partial charge in [0.05, 0.1) is 10.6 Å². The van der Waals surface area contributed by atoms with Crippen LogP contribution in [0.25, 0.3) is 10.9 Å². The predicted molar refractivity (Wildman–Crippen MR) is 80.8 cm³/mol. The molecule has 3 aromatic rings. The highest BCUT2D eigenvalue weighted by Crippen LogP contribution is 2.30. The number of carbonyl (C=O) groups is 1. The topological polar surface area (TPSA) is 32.9 Å². The van der Waals surface area contributed by atoms with Crippen LogP contribution in [0, 0.1) is 11.6 Å². The Balaban J connectivity index is 2.20. The van der Waals surface area contributed by atoms with E-state index in [4.69, 9.17) is 11.6 Å². The van der Waals surface area contributed by atoms with Gasteiger partial charge in [0, 0.05) is 27.1 Å². The van der Waals surface area contributed by atoms with Crippen molar-refractivity contribution < 1.29 is 13.6 Å². The second-order valence-corrected chi connectivity index (χ2v) is 5.70. The molecule has 0 bridgehead atoms. The van der Waals surface area contributed by atoms with E-state index in [0.717, 1.165) is 17.6 Å². The summed E-state index contributed by atoms with van der Waals surface area (Å²) in [6.45, 7) is 0. The summed E-state index contributed by atoms with van der Waals surface area (Å²) in [7, 11) is 0. The van der Waals surface area contributed by atoms with Crippen LogP contribution in [-0.4, -0.2) is 10.8 Å². The summed E-state index contributed by atoms with van der Waals surface area (Å²) in [6, 6.07) is 6.98. The molecule has 0 aliphatic rings. The molecule has 21 heavy (non-hydrogen) atoms. The monoisotopic (exact) mass is 369 g/mol. The van der Waals surface area contributed by atoms with Crippen molar-refractivity contribution in [1.82, 2.24) is 4.98 Å². The van der Waals surface area contributed by atoms with Gasteiger partial charge < -0.3 is 4.98 Å². The quantitative estimate of drug-likeness (QED) is 0.494. The van der Waals surface area contributed by atoms with Gasteiger partial charge in [0.2, 0.25) is 0 Å². The maximum Gasteiger partial charge on any atom is 0.198 e. The molecule has 106 valence electrons. The predicted octanol–water partition coefficient (Wildman–Crippen LogP) is 5.09. The molecular formula is C15H7BrClF2NO. The molecule has 2 nitrogen and oxygen atoms in total. The van der Waals surface area contributed by atoms with Gasteiger partial charge in [-0.05, 0) is 24.3 Å². The van der Waals surface area contributed by atoms with E-state index in [2.05, 4.69) is 20.9 Å². The summed E-state index contributed by atoms with van der Waals surface area (Å²) < 4.78 is 28.1. The van der Waals surface area contributed by atoms with E-state index < -0.39 is 17.4 Å². The number of H-pyrrole nitrogens is 1. The maximum absolute atomic E-state index is 13.9. The van der Waals surface area contributed by atoms with Crippen molar-refractivity contribution in [2.24, 2.45) is 0 Å². The average Bonchev–Trinajstić information content (AvgIpc) is 2.87. The lowest BCUT2D eigenvalue weighted by Gasteiger charge is -2.04. The zero-order valence-electron chi connectivity index (χ0n) is 10.4. The van der Waals surface area contributed by atoms with Gasteiger partial charge >= 0.3 is 0 Å². The molecule has 0 atom stereocenters. The summed E-state index contributed by atoms with van der Waals surface area (Å²) in [4.78, 5) is 15.4. The van der Waals surface area contributed by atoms with E-state index in [0.29, 0.717) is 9.86 Å². The third-order valence-electron chi connectivity index (χ3n) is 3.15. The fraction of sp³-hybridized carbons (Fsp3) is 0. The van der Waals surface area contributed by atoms with Gasteiger partial charge in [-0.3, -0.25) is 4.79 Å². The van der Waals surface area contributed by atoms with Crippen LogP contribution in [0.2, 0.25) is 5.02 Å². The van der Waals surface area contributed by atoms with Crippen molar-refractivity contribution >= 4 is 44.2 Å². The van der Waals surface area contributed by atoms with Gasteiger partial charge in [-0.15, -0.1) is 0 Å². The Bertz CT molecular complexity index is 875. The SMILES string of the molecule is O=C(c1cc(F)c(Cl)cc1F)c1c[nH]c2cccc(Br)c12. The molecule has 6 heteroatoms. The van der Waals surface area contributed by atoms with Crippen molar-refractivity contribution in [3.8, 4) is 0 Å². The molecule has 0 unspecified atom stereocenters.